The second kappa shape index (κ2) is 8.26. The van der Waals surface area contributed by atoms with Gasteiger partial charge in [-0.3, -0.25) is 4.57 Å². The Balaban J connectivity index is 1.81. The second-order valence-electron chi connectivity index (χ2n) is 6.74. The van der Waals surface area contributed by atoms with E-state index >= 15 is 0 Å². The number of aliphatic hydroxyl groups excluding tert-OH is 3. The van der Waals surface area contributed by atoms with Crippen LogP contribution in [-0.4, -0.2) is 59.8 Å². The lowest BCUT2D eigenvalue weighted by atomic mass is 10.1. The Morgan fingerprint density at radius 1 is 1.15 bits per heavy atom. The summed E-state index contributed by atoms with van der Waals surface area (Å²) in [5.41, 5.74) is 6.90. The lowest BCUT2D eigenvalue weighted by molar-refractivity contribution is -0.0511. The molecule has 0 spiro atoms. The first-order valence-corrected chi connectivity index (χ1v) is 9.18. The first-order valence-electron chi connectivity index (χ1n) is 9.18. The zero-order valence-electron chi connectivity index (χ0n) is 15.0. The quantitative estimate of drug-likeness (QED) is 0.497. The number of anilines is 1. The van der Waals surface area contributed by atoms with E-state index in [2.05, 4.69) is 21.9 Å². The molecule has 2 aromatic heterocycles. The van der Waals surface area contributed by atoms with Crippen molar-refractivity contribution < 1.29 is 20.1 Å². The molecule has 1 fully saturated rings. The summed E-state index contributed by atoms with van der Waals surface area (Å²) in [4.78, 5) is 13.1. The molecule has 0 amide bonds. The fraction of sp³-hybridized carbons (Fsp3) is 0.706. The zero-order valence-corrected chi connectivity index (χ0v) is 15.0. The molecular weight excluding hydrogens is 338 g/mol. The van der Waals surface area contributed by atoms with Crippen LogP contribution in [0.1, 0.15) is 51.1 Å². The highest BCUT2D eigenvalue weighted by Gasteiger charge is 2.44. The van der Waals surface area contributed by atoms with Gasteiger partial charge in [0.2, 0.25) is 0 Å². The fourth-order valence-electron chi connectivity index (χ4n) is 3.28. The molecule has 9 nitrogen and oxygen atoms in total. The van der Waals surface area contributed by atoms with E-state index in [1.54, 1.807) is 0 Å². The molecule has 1 aliphatic rings. The number of hydrogen-bond acceptors (Lipinski definition) is 8. The summed E-state index contributed by atoms with van der Waals surface area (Å²) in [6.45, 7) is 1.79. The Bertz CT molecular complexity index is 737. The summed E-state index contributed by atoms with van der Waals surface area (Å²) >= 11 is 0. The highest BCUT2D eigenvalue weighted by Crippen LogP contribution is 2.32. The second-order valence-corrected chi connectivity index (χ2v) is 6.74. The van der Waals surface area contributed by atoms with Gasteiger partial charge in [-0.15, -0.1) is 0 Å². The van der Waals surface area contributed by atoms with Crippen molar-refractivity contribution >= 4 is 17.0 Å². The van der Waals surface area contributed by atoms with Crippen LogP contribution in [0.25, 0.3) is 11.2 Å². The molecule has 26 heavy (non-hydrogen) atoms. The summed E-state index contributed by atoms with van der Waals surface area (Å²) < 4.78 is 7.10. The van der Waals surface area contributed by atoms with Crippen LogP contribution in [0.2, 0.25) is 0 Å². The van der Waals surface area contributed by atoms with Crippen LogP contribution in [0, 0.1) is 0 Å². The van der Waals surface area contributed by atoms with Crippen molar-refractivity contribution in [1.82, 2.24) is 19.5 Å². The number of nitrogens with zero attached hydrogens (tertiary/aromatic N) is 4. The Morgan fingerprint density at radius 2 is 1.92 bits per heavy atom. The number of nitrogen functional groups attached to an aromatic ring is 1. The van der Waals surface area contributed by atoms with Crippen molar-refractivity contribution in [2.75, 3.05) is 12.3 Å². The summed E-state index contributed by atoms with van der Waals surface area (Å²) in [5, 5.41) is 29.5. The van der Waals surface area contributed by atoms with Gasteiger partial charge < -0.3 is 25.8 Å². The van der Waals surface area contributed by atoms with Crippen LogP contribution in [-0.2, 0) is 11.2 Å². The zero-order chi connectivity index (χ0) is 18.7. The molecule has 0 aliphatic carbocycles. The van der Waals surface area contributed by atoms with E-state index in [1.165, 1.54) is 30.2 Å². The highest BCUT2D eigenvalue weighted by atomic mass is 16.6. The highest BCUT2D eigenvalue weighted by molar-refractivity contribution is 5.81. The summed E-state index contributed by atoms with van der Waals surface area (Å²) in [6.07, 6.45) is 3.75. The molecule has 0 bridgehead atoms. The van der Waals surface area contributed by atoms with E-state index in [1.807, 2.05) is 0 Å². The van der Waals surface area contributed by atoms with E-state index in [0.29, 0.717) is 23.4 Å². The number of imidazole rings is 1. The van der Waals surface area contributed by atoms with Crippen molar-refractivity contribution in [3.8, 4) is 0 Å². The average Bonchev–Trinajstić information content (AvgIpc) is 3.17. The van der Waals surface area contributed by atoms with Gasteiger partial charge in [0.15, 0.2) is 17.7 Å². The maximum absolute atomic E-state index is 10.2. The minimum Gasteiger partial charge on any atom is -0.394 e. The molecule has 0 radical (unpaired) electrons. The Hall–Kier alpha value is -1.81. The van der Waals surface area contributed by atoms with E-state index < -0.39 is 24.5 Å². The normalized spacial score (nSPS) is 26.0. The summed E-state index contributed by atoms with van der Waals surface area (Å²) in [7, 11) is 0. The van der Waals surface area contributed by atoms with E-state index in [9.17, 15) is 15.3 Å². The lowest BCUT2D eigenvalue weighted by Gasteiger charge is -2.16. The lowest BCUT2D eigenvalue weighted by Crippen LogP contribution is -2.33. The molecule has 5 N–H and O–H groups in total. The van der Waals surface area contributed by atoms with Gasteiger partial charge in [0.1, 0.15) is 29.7 Å². The Morgan fingerprint density at radius 3 is 2.62 bits per heavy atom. The minimum absolute atomic E-state index is 0.282. The van der Waals surface area contributed by atoms with Crippen molar-refractivity contribution in [2.45, 2.75) is 70.0 Å². The number of unbranched alkanes of at least 4 members (excludes halogenated alkanes) is 4. The smallest absolute Gasteiger partial charge is 0.167 e. The first kappa shape index (κ1) is 19.0. The SMILES string of the molecule is CCCCCCCc1nc(N)c2ncn([C@@H]3O[C@H](CO)[C@@H](O)[C@H]3O)c2n1. The van der Waals surface area contributed by atoms with Gasteiger partial charge in [0, 0.05) is 6.42 Å². The average molecular weight is 365 g/mol. The molecule has 1 aliphatic heterocycles. The van der Waals surface area contributed by atoms with Crippen molar-refractivity contribution in [3.05, 3.63) is 12.2 Å². The number of aromatic nitrogens is 4. The molecule has 2 aromatic rings. The van der Waals surface area contributed by atoms with Crippen molar-refractivity contribution in [2.24, 2.45) is 0 Å². The third kappa shape index (κ3) is 3.66. The summed E-state index contributed by atoms with van der Waals surface area (Å²) in [6, 6.07) is 0. The molecule has 3 heterocycles. The number of rotatable bonds is 8. The predicted octanol–water partition coefficient (Wildman–Crippen LogP) is 0.533. The van der Waals surface area contributed by atoms with Crippen molar-refractivity contribution in [1.29, 1.82) is 0 Å². The predicted molar refractivity (Wildman–Crippen MR) is 95.2 cm³/mol. The largest absolute Gasteiger partial charge is 0.394 e. The number of ether oxygens (including phenoxy) is 1. The van der Waals surface area contributed by atoms with Crippen LogP contribution < -0.4 is 5.73 Å². The number of hydrogen-bond donors (Lipinski definition) is 4. The first-order chi connectivity index (χ1) is 12.6. The van der Waals surface area contributed by atoms with Gasteiger partial charge in [-0.1, -0.05) is 32.6 Å². The molecule has 4 atom stereocenters. The van der Waals surface area contributed by atoms with Gasteiger partial charge >= 0.3 is 0 Å². The Labute approximate surface area is 151 Å². The van der Waals surface area contributed by atoms with Gasteiger partial charge in [0.05, 0.1) is 12.9 Å². The van der Waals surface area contributed by atoms with Crippen LogP contribution in [0.4, 0.5) is 5.82 Å². The third-order valence-electron chi connectivity index (χ3n) is 4.79. The van der Waals surface area contributed by atoms with E-state index in [4.69, 9.17) is 10.5 Å². The fourth-order valence-corrected chi connectivity index (χ4v) is 3.28. The molecule has 144 valence electrons. The molecule has 0 aromatic carbocycles. The van der Waals surface area contributed by atoms with Crippen LogP contribution in [0.15, 0.2) is 6.33 Å². The molecule has 0 saturated carbocycles. The molecule has 1 saturated heterocycles. The van der Waals surface area contributed by atoms with Crippen LogP contribution >= 0.6 is 0 Å². The minimum atomic E-state index is -1.20. The van der Waals surface area contributed by atoms with E-state index in [0.717, 1.165) is 12.8 Å². The molecule has 0 unspecified atom stereocenters. The summed E-state index contributed by atoms with van der Waals surface area (Å²) in [5.74, 6) is 0.907. The van der Waals surface area contributed by atoms with Gasteiger partial charge in [-0.25, -0.2) is 15.0 Å². The maximum atomic E-state index is 10.2. The molecule has 9 heteroatoms. The standard InChI is InChI=1S/C17H27N5O4/c1-2-3-4-5-6-7-11-20-15(18)12-16(21-11)22(9-19-12)17-14(25)13(24)10(8-23)26-17/h9-10,13-14,17,23-25H,2-8H2,1H3,(H2,18,20,21)/t10-,13-,14-,17-/m1/s1. The monoisotopic (exact) mass is 365 g/mol. The van der Waals surface area contributed by atoms with Gasteiger partial charge in [-0.05, 0) is 6.42 Å². The van der Waals surface area contributed by atoms with Crippen LogP contribution in [0.5, 0.6) is 0 Å². The van der Waals surface area contributed by atoms with Crippen LogP contribution in [0.3, 0.4) is 0 Å². The number of aryl methyl sites for hydroxylation is 1. The number of nitrogens with two attached hydrogens (primary N) is 1. The number of aliphatic hydroxyl groups is 3. The number of fused-ring (bicyclic) bond motifs is 1. The van der Waals surface area contributed by atoms with Gasteiger partial charge in [-0.2, -0.15) is 0 Å². The van der Waals surface area contributed by atoms with E-state index in [-0.39, 0.29) is 12.4 Å². The molecular formula is C17H27N5O4. The Kier molecular flexibility index (Phi) is 6.02. The topological polar surface area (TPSA) is 140 Å². The molecule has 3 rings (SSSR count). The third-order valence-corrected chi connectivity index (χ3v) is 4.79. The van der Waals surface area contributed by atoms with Gasteiger partial charge in [0.25, 0.3) is 0 Å². The van der Waals surface area contributed by atoms with Crippen molar-refractivity contribution in [3.63, 3.8) is 0 Å². The maximum Gasteiger partial charge on any atom is 0.167 e.